The molecule has 0 aromatic heterocycles. The van der Waals surface area contributed by atoms with Crippen molar-refractivity contribution in [3.63, 3.8) is 0 Å². The van der Waals surface area contributed by atoms with Crippen molar-refractivity contribution in [3.8, 4) is 0 Å². The standard InChI is InChI=1S/C11H15N/c1-2-5-12-8-11-7-9-3-4-10(11)6-9/h2-4,8-11H,1,5-7H2. The molecule has 0 saturated heterocycles. The molecule has 3 unspecified atom stereocenters. The molecule has 0 aromatic carbocycles. The third-order valence-corrected chi connectivity index (χ3v) is 2.86. The Balaban J connectivity index is 1.90. The van der Waals surface area contributed by atoms with Gasteiger partial charge in [0.1, 0.15) is 0 Å². The second-order valence-corrected chi connectivity index (χ2v) is 3.75. The second-order valence-electron chi connectivity index (χ2n) is 3.75. The number of fused-ring (bicyclic) bond motifs is 2. The lowest BCUT2D eigenvalue weighted by atomic mass is 9.95. The van der Waals surface area contributed by atoms with E-state index in [2.05, 4.69) is 29.9 Å². The Bertz CT molecular complexity index is 227. The van der Waals surface area contributed by atoms with E-state index in [0.717, 1.165) is 24.3 Å². The Kier molecular flexibility index (Phi) is 2.11. The first-order chi connectivity index (χ1) is 5.90. The van der Waals surface area contributed by atoms with Gasteiger partial charge in [0, 0.05) is 12.1 Å². The minimum absolute atomic E-state index is 0.722. The van der Waals surface area contributed by atoms with Gasteiger partial charge in [-0.15, -0.1) is 6.58 Å². The van der Waals surface area contributed by atoms with E-state index in [1.807, 2.05) is 6.08 Å². The summed E-state index contributed by atoms with van der Waals surface area (Å²) in [5.41, 5.74) is 0. The molecule has 1 nitrogen and oxygen atoms in total. The van der Waals surface area contributed by atoms with Crippen molar-refractivity contribution in [1.29, 1.82) is 0 Å². The lowest BCUT2D eigenvalue weighted by Gasteiger charge is -2.11. The van der Waals surface area contributed by atoms with Crippen molar-refractivity contribution in [2.45, 2.75) is 12.8 Å². The SMILES string of the molecule is C=CCN=CC1CC2C=CC1C2. The zero-order chi connectivity index (χ0) is 8.39. The van der Waals surface area contributed by atoms with Crippen LogP contribution in [-0.4, -0.2) is 12.8 Å². The number of nitrogens with zero attached hydrogens (tertiary/aromatic N) is 1. The van der Waals surface area contributed by atoms with Crippen LogP contribution in [0.2, 0.25) is 0 Å². The molecule has 64 valence electrons. The summed E-state index contributed by atoms with van der Waals surface area (Å²) in [4.78, 5) is 4.31. The van der Waals surface area contributed by atoms with Crippen LogP contribution in [0.3, 0.4) is 0 Å². The van der Waals surface area contributed by atoms with Gasteiger partial charge in [-0.05, 0) is 24.7 Å². The van der Waals surface area contributed by atoms with Gasteiger partial charge in [0.15, 0.2) is 0 Å². The van der Waals surface area contributed by atoms with Crippen molar-refractivity contribution in [1.82, 2.24) is 0 Å². The van der Waals surface area contributed by atoms with Crippen LogP contribution in [0.1, 0.15) is 12.8 Å². The smallest absolute Gasteiger partial charge is 0.0563 e. The van der Waals surface area contributed by atoms with Crippen molar-refractivity contribution in [2.75, 3.05) is 6.54 Å². The second kappa shape index (κ2) is 3.26. The van der Waals surface area contributed by atoms with E-state index < -0.39 is 0 Å². The van der Waals surface area contributed by atoms with E-state index >= 15 is 0 Å². The number of hydrogen-bond acceptors (Lipinski definition) is 1. The zero-order valence-corrected chi connectivity index (χ0v) is 7.32. The van der Waals surface area contributed by atoms with Crippen LogP contribution in [0.5, 0.6) is 0 Å². The quantitative estimate of drug-likeness (QED) is 0.445. The Morgan fingerprint density at radius 1 is 1.42 bits per heavy atom. The largest absolute Gasteiger partial charge is 0.293 e. The predicted octanol–water partition coefficient (Wildman–Crippen LogP) is 2.46. The summed E-state index contributed by atoms with van der Waals surface area (Å²) in [6.07, 6.45) is 11.4. The summed E-state index contributed by atoms with van der Waals surface area (Å²) in [5.74, 6) is 2.37. The first kappa shape index (κ1) is 7.78. The van der Waals surface area contributed by atoms with E-state index in [0.29, 0.717) is 0 Å². The molecule has 3 atom stereocenters. The predicted molar refractivity (Wildman–Crippen MR) is 52.4 cm³/mol. The van der Waals surface area contributed by atoms with Gasteiger partial charge in [0.05, 0.1) is 6.54 Å². The molecule has 0 N–H and O–H groups in total. The summed E-state index contributed by atoms with van der Waals surface area (Å²) in [6, 6.07) is 0. The maximum absolute atomic E-state index is 4.31. The summed E-state index contributed by atoms with van der Waals surface area (Å²) >= 11 is 0. The van der Waals surface area contributed by atoms with Crippen LogP contribution in [0.25, 0.3) is 0 Å². The maximum atomic E-state index is 4.31. The lowest BCUT2D eigenvalue weighted by Crippen LogP contribution is -2.08. The third-order valence-electron chi connectivity index (χ3n) is 2.86. The van der Waals surface area contributed by atoms with E-state index in [-0.39, 0.29) is 0 Å². The summed E-state index contributed by atoms with van der Waals surface area (Å²) in [5, 5.41) is 0. The van der Waals surface area contributed by atoms with Crippen LogP contribution in [0.15, 0.2) is 29.8 Å². The van der Waals surface area contributed by atoms with Gasteiger partial charge in [0.2, 0.25) is 0 Å². The van der Waals surface area contributed by atoms with Crippen molar-refractivity contribution < 1.29 is 0 Å². The third kappa shape index (κ3) is 1.36. The Morgan fingerprint density at radius 3 is 2.92 bits per heavy atom. The molecule has 0 aliphatic heterocycles. The fraction of sp³-hybridized carbons (Fsp3) is 0.545. The molecule has 2 aliphatic carbocycles. The van der Waals surface area contributed by atoms with Crippen LogP contribution in [0, 0.1) is 17.8 Å². The van der Waals surface area contributed by atoms with E-state index in [1.165, 1.54) is 12.8 Å². The molecule has 0 amide bonds. The number of rotatable bonds is 3. The molecule has 12 heavy (non-hydrogen) atoms. The number of hydrogen-bond donors (Lipinski definition) is 0. The fourth-order valence-electron chi connectivity index (χ4n) is 2.27. The van der Waals surface area contributed by atoms with E-state index in [9.17, 15) is 0 Å². The van der Waals surface area contributed by atoms with Crippen LogP contribution < -0.4 is 0 Å². The molecule has 2 rings (SSSR count). The zero-order valence-electron chi connectivity index (χ0n) is 7.32. The Labute approximate surface area is 73.9 Å². The molecular formula is C11H15N. The topological polar surface area (TPSA) is 12.4 Å². The summed E-state index contributed by atoms with van der Waals surface area (Å²) < 4.78 is 0. The van der Waals surface area contributed by atoms with Gasteiger partial charge in [-0.3, -0.25) is 4.99 Å². The highest BCUT2D eigenvalue weighted by Crippen LogP contribution is 2.42. The first-order valence-corrected chi connectivity index (χ1v) is 4.69. The molecule has 0 heterocycles. The van der Waals surface area contributed by atoms with Gasteiger partial charge >= 0.3 is 0 Å². The lowest BCUT2D eigenvalue weighted by molar-refractivity contribution is 0.594. The van der Waals surface area contributed by atoms with Gasteiger partial charge in [-0.2, -0.15) is 0 Å². The molecule has 0 aromatic rings. The fourth-order valence-corrected chi connectivity index (χ4v) is 2.27. The number of aliphatic imine (C=N–C) groups is 1. The molecule has 1 fully saturated rings. The highest BCUT2D eigenvalue weighted by Gasteiger charge is 2.34. The maximum Gasteiger partial charge on any atom is 0.0563 e. The van der Waals surface area contributed by atoms with Crippen molar-refractivity contribution >= 4 is 6.21 Å². The molecule has 1 heteroatoms. The summed E-state index contributed by atoms with van der Waals surface area (Å²) in [6.45, 7) is 4.42. The average Bonchev–Trinajstić information content (AvgIpc) is 2.65. The Morgan fingerprint density at radius 2 is 2.33 bits per heavy atom. The van der Waals surface area contributed by atoms with Crippen LogP contribution >= 0.6 is 0 Å². The highest BCUT2D eigenvalue weighted by molar-refractivity contribution is 5.63. The molecule has 2 bridgehead atoms. The van der Waals surface area contributed by atoms with E-state index in [4.69, 9.17) is 0 Å². The molecule has 1 saturated carbocycles. The average molecular weight is 161 g/mol. The van der Waals surface area contributed by atoms with E-state index in [1.54, 1.807) is 0 Å². The molecule has 0 radical (unpaired) electrons. The molecule has 0 spiro atoms. The number of allylic oxidation sites excluding steroid dienone is 2. The van der Waals surface area contributed by atoms with Crippen LogP contribution in [-0.2, 0) is 0 Å². The van der Waals surface area contributed by atoms with Gasteiger partial charge < -0.3 is 0 Å². The normalized spacial score (nSPS) is 38.2. The highest BCUT2D eigenvalue weighted by atomic mass is 14.7. The monoisotopic (exact) mass is 161 g/mol. The molecule has 2 aliphatic rings. The minimum atomic E-state index is 0.722. The van der Waals surface area contributed by atoms with Gasteiger partial charge in [-0.1, -0.05) is 18.2 Å². The molecular weight excluding hydrogens is 146 g/mol. The van der Waals surface area contributed by atoms with Crippen LogP contribution in [0.4, 0.5) is 0 Å². The summed E-state index contributed by atoms with van der Waals surface area (Å²) in [7, 11) is 0. The van der Waals surface area contributed by atoms with Crippen molar-refractivity contribution in [2.24, 2.45) is 22.7 Å². The minimum Gasteiger partial charge on any atom is -0.293 e. The van der Waals surface area contributed by atoms with Gasteiger partial charge in [-0.25, -0.2) is 0 Å². The Hall–Kier alpha value is -0.850. The first-order valence-electron chi connectivity index (χ1n) is 4.69. The van der Waals surface area contributed by atoms with Gasteiger partial charge in [0.25, 0.3) is 0 Å². The van der Waals surface area contributed by atoms with Crippen molar-refractivity contribution in [3.05, 3.63) is 24.8 Å².